The molecule has 0 aliphatic rings. The summed E-state index contributed by atoms with van der Waals surface area (Å²) in [5, 5.41) is 0. The van der Waals surface area contributed by atoms with Crippen LogP contribution in [0.25, 0.3) is 0 Å². The molecule has 0 amide bonds. The van der Waals surface area contributed by atoms with Crippen LogP contribution in [0, 0.1) is 0 Å². The largest absolute Gasteiger partial charge is 0.519 e. The number of ether oxygens (including phenoxy) is 2. The van der Waals surface area contributed by atoms with Crippen LogP contribution in [0.2, 0.25) is 0 Å². The van der Waals surface area contributed by atoms with Gasteiger partial charge in [0.25, 0.3) is 0 Å². The first-order valence-corrected chi connectivity index (χ1v) is 13.7. The average Bonchev–Trinajstić information content (AvgIpc) is 2.95. The van der Waals surface area contributed by atoms with E-state index >= 15 is 0 Å². The lowest BCUT2D eigenvalue weighted by atomic mass is 9.94. The highest BCUT2D eigenvalue weighted by atomic mass is 16.7. The summed E-state index contributed by atoms with van der Waals surface area (Å²) in [5.41, 5.74) is 5.25. The van der Waals surface area contributed by atoms with Crippen LogP contribution in [-0.2, 0) is 12.8 Å². The van der Waals surface area contributed by atoms with E-state index in [2.05, 4.69) is 74.5 Å². The first-order chi connectivity index (χ1) is 18.6. The van der Waals surface area contributed by atoms with Gasteiger partial charge in [0.05, 0.1) is 0 Å². The second-order valence-corrected chi connectivity index (χ2v) is 10.1. The number of hydrogen-bond acceptors (Lipinski definition) is 3. The number of carbonyl (C=O) groups excluding carboxylic acids is 1. The van der Waals surface area contributed by atoms with Crippen LogP contribution in [-0.4, -0.2) is 6.16 Å². The van der Waals surface area contributed by atoms with Crippen molar-refractivity contribution < 1.29 is 14.3 Å². The van der Waals surface area contributed by atoms with E-state index in [-0.39, 0.29) is 0 Å². The quantitative estimate of drug-likeness (QED) is 0.142. The van der Waals surface area contributed by atoms with Gasteiger partial charge >= 0.3 is 6.16 Å². The van der Waals surface area contributed by atoms with Crippen LogP contribution in [0.3, 0.4) is 0 Å². The van der Waals surface area contributed by atoms with Crippen LogP contribution in [0.15, 0.2) is 109 Å². The number of benzene rings is 4. The molecule has 0 aliphatic heterocycles. The fraction of sp³-hybridized carbons (Fsp3) is 0.286. The summed E-state index contributed by atoms with van der Waals surface area (Å²) in [6, 6.07) is 36.7. The monoisotopic (exact) mass is 506 g/mol. The van der Waals surface area contributed by atoms with E-state index in [1.54, 1.807) is 0 Å². The van der Waals surface area contributed by atoms with Crippen molar-refractivity contribution in [3.05, 3.63) is 131 Å². The van der Waals surface area contributed by atoms with E-state index in [1.165, 1.54) is 22.3 Å². The van der Waals surface area contributed by atoms with E-state index in [0.29, 0.717) is 23.3 Å². The maximum absolute atomic E-state index is 12.3. The predicted molar refractivity (Wildman–Crippen MR) is 155 cm³/mol. The molecule has 196 valence electrons. The molecule has 3 heteroatoms. The summed E-state index contributed by atoms with van der Waals surface area (Å²) in [7, 11) is 0. The molecule has 2 atom stereocenters. The van der Waals surface area contributed by atoms with E-state index in [9.17, 15) is 4.79 Å². The van der Waals surface area contributed by atoms with Crippen LogP contribution in [0.4, 0.5) is 4.79 Å². The van der Waals surface area contributed by atoms with Gasteiger partial charge in [0, 0.05) is 0 Å². The second-order valence-electron chi connectivity index (χ2n) is 10.1. The van der Waals surface area contributed by atoms with Gasteiger partial charge in [-0.05, 0) is 96.9 Å². The van der Waals surface area contributed by atoms with Crippen molar-refractivity contribution in [1.29, 1.82) is 0 Å². The molecule has 4 rings (SSSR count). The van der Waals surface area contributed by atoms with Crippen molar-refractivity contribution in [3.63, 3.8) is 0 Å². The van der Waals surface area contributed by atoms with Gasteiger partial charge in [-0.2, -0.15) is 0 Å². The van der Waals surface area contributed by atoms with Crippen molar-refractivity contribution in [2.24, 2.45) is 0 Å². The summed E-state index contributed by atoms with van der Waals surface area (Å²) in [5.74, 6) is 2.07. The normalized spacial score (nSPS) is 12.5. The van der Waals surface area contributed by atoms with E-state index in [1.807, 2.05) is 48.5 Å². The zero-order valence-corrected chi connectivity index (χ0v) is 22.5. The summed E-state index contributed by atoms with van der Waals surface area (Å²) in [6.45, 7) is 4.55. The number of hydrogen-bond donors (Lipinski definition) is 0. The molecule has 0 saturated heterocycles. The van der Waals surface area contributed by atoms with Gasteiger partial charge in [0.1, 0.15) is 11.5 Å². The summed E-state index contributed by atoms with van der Waals surface area (Å²) < 4.78 is 10.8. The molecular formula is C35H38O3. The first kappa shape index (κ1) is 27.2. The SMILES string of the molecule is CC(CCCc1ccc(OC(=O)Oc2ccc(CCCC(C)c3ccccc3)cc2)cc1)c1ccccc1. The number of aryl methyl sites for hydroxylation is 2. The Bertz CT molecular complexity index is 1130. The molecular weight excluding hydrogens is 468 g/mol. The zero-order chi connectivity index (χ0) is 26.6. The summed E-state index contributed by atoms with van der Waals surface area (Å²) in [6.07, 6.45) is 5.78. The fourth-order valence-electron chi connectivity index (χ4n) is 4.78. The van der Waals surface area contributed by atoms with Crippen molar-refractivity contribution >= 4 is 6.16 Å². The minimum Gasteiger partial charge on any atom is -0.395 e. The Hall–Kier alpha value is -3.85. The molecule has 0 saturated carbocycles. The van der Waals surface area contributed by atoms with Crippen LogP contribution in [0.5, 0.6) is 11.5 Å². The number of rotatable bonds is 12. The minimum atomic E-state index is -0.723. The molecule has 0 spiro atoms. The van der Waals surface area contributed by atoms with Gasteiger partial charge in [-0.25, -0.2) is 4.79 Å². The Morgan fingerprint density at radius 2 is 0.921 bits per heavy atom. The maximum atomic E-state index is 12.3. The molecule has 0 fully saturated rings. The van der Waals surface area contributed by atoms with Crippen LogP contribution in [0.1, 0.15) is 73.6 Å². The van der Waals surface area contributed by atoms with E-state index in [0.717, 1.165) is 38.5 Å². The standard InChI is InChI=1S/C35H38O3/c1-27(31-15-5-3-6-16-31)11-9-13-29-19-23-33(24-20-29)37-35(36)38-34-25-21-30(22-26-34)14-10-12-28(2)32-17-7-4-8-18-32/h3-8,15-28H,9-14H2,1-2H3. The second kappa shape index (κ2) is 14.2. The van der Waals surface area contributed by atoms with Crippen molar-refractivity contribution in [1.82, 2.24) is 0 Å². The molecule has 0 aromatic heterocycles. The molecule has 0 bridgehead atoms. The third-order valence-electron chi connectivity index (χ3n) is 7.19. The Kier molecular flexibility index (Phi) is 10.1. The van der Waals surface area contributed by atoms with Gasteiger partial charge in [-0.15, -0.1) is 0 Å². The topological polar surface area (TPSA) is 35.5 Å². The van der Waals surface area contributed by atoms with Gasteiger partial charge in [0.2, 0.25) is 0 Å². The highest BCUT2D eigenvalue weighted by Crippen LogP contribution is 2.24. The lowest BCUT2D eigenvalue weighted by molar-refractivity contribution is 0.152. The third-order valence-corrected chi connectivity index (χ3v) is 7.19. The van der Waals surface area contributed by atoms with Crippen LogP contribution >= 0.6 is 0 Å². The molecule has 0 heterocycles. The first-order valence-electron chi connectivity index (χ1n) is 13.7. The summed E-state index contributed by atoms with van der Waals surface area (Å²) in [4.78, 5) is 12.3. The lowest BCUT2D eigenvalue weighted by Crippen LogP contribution is -2.13. The Morgan fingerprint density at radius 1 is 0.553 bits per heavy atom. The van der Waals surface area contributed by atoms with Gasteiger partial charge in [-0.3, -0.25) is 0 Å². The Labute approximate surface area is 227 Å². The summed E-state index contributed by atoms with van der Waals surface area (Å²) >= 11 is 0. The Morgan fingerprint density at radius 3 is 1.29 bits per heavy atom. The molecule has 0 N–H and O–H groups in total. The fourth-order valence-corrected chi connectivity index (χ4v) is 4.78. The van der Waals surface area contributed by atoms with E-state index < -0.39 is 6.16 Å². The number of carbonyl (C=O) groups is 1. The molecule has 2 unspecified atom stereocenters. The van der Waals surface area contributed by atoms with Crippen molar-refractivity contribution in [3.8, 4) is 11.5 Å². The van der Waals surface area contributed by atoms with Crippen molar-refractivity contribution in [2.75, 3.05) is 0 Å². The molecule has 3 nitrogen and oxygen atoms in total. The smallest absolute Gasteiger partial charge is 0.395 e. The van der Waals surface area contributed by atoms with Gasteiger partial charge in [-0.1, -0.05) is 98.8 Å². The van der Waals surface area contributed by atoms with Crippen molar-refractivity contribution in [2.45, 2.75) is 64.2 Å². The van der Waals surface area contributed by atoms with Gasteiger partial charge in [0.15, 0.2) is 0 Å². The highest BCUT2D eigenvalue weighted by Gasteiger charge is 2.10. The third kappa shape index (κ3) is 8.62. The van der Waals surface area contributed by atoms with Gasteiger partial charge < -0.3 is 9.47 Å². The predicted octanol–water partition coefficient (Wildman–Crippen LogP) is 9.52. The molecule has 4 aromatic rings. The van der Waals surface area contributed by atoms with Crippen LogP contribution < -0.4 is 9.47 Å². The Balaban J connectivity index is 1.16. The molecule has 4 aromatic carbocycles. The molecule has 0 aliphatic carbocycles. The zero-order valence-electron chi connectivity index (χ0n) is 22.5. The minimum absolute atomic E-state index is 0.487. The maximum Gasteiger partial charge on any atom is 0.519 e. The average molecular weight is 507 g/mol. The highest BCUT2D eigenvalue weighted by molar-refractivity contribution is 5.67. The lowest BCUT2D eigenvalue weighted by Gasteiger charge is -2.12. The van der Waals surface area contributed by atoms with E-state index in [4.69, 9.17) is 9.47 Å². The molecule has 0 radical (unpaired) electrons. The molecule has 38 heavy (non-hydrogen) atoms.